The number of ketones is 1. The van der Waals surface area contributed by atoms with Crippen molar-refractivity contribution >= 4 is 27.4 Å². The Labute approximate surface area is 225 Å². The van der Waals surface area contributed by atoms with Crippen LogP contribution in [0.25, 0.3) is 11.3 Å². The highest BCUT2D eigenvalue weighted by Crippen LogP contribution is 2.29. The average molecular weight is 546 g/mol. The molecule has 0 amide bonds. The lowest BCUT2D eigenvalue weighted by Gasteiger charge is -2.17. The van der Waals surface area contributed by atoms with Crippen LogP contribution in [0.4, 0.5) is 0 Å². The van der Waals surface area contributed by atoms with Gasteiger partial charge in [-0.05, 0) is 49.9 Å². The Hall–Kier alpha value is -2.68. The Bertz CT molecular complexity index is 1360. The molecule has 0 unspecified atom stereocenters. The summed E-state index contributed by atoms with van der Waals surface area (Å²) in [7, 11) is -1.79. The zero-order valence-electron chi connectivity index (χ0n) is 22.3. The molecule has 0 aliphatic heterocycles. The number of benzene rings is 2. The fourth-order valence-corrected chi connectivity index (χ4v) is 5.49. The molecule has 0 bridgehead atoms. The number of primary sulfonamides is 1. The number of nitrogens with two attached hydrogens (primary N) is 1. The number of nitrogens with zero attached hydrogens (tertiary/aromatic N) is 2. The van der Waals surface area contributed by atoms with E-state index in [0.29, 0.717) is 22.8 Å². The van der Waals surface area contributed by atoms with Gasteiger partial charge in [-0.15, -0.1) is 0 Å². The number of aryl methyl sites for hydroxylation is 1. The van der Waals surface area contributed by atoms with Crippen molar-refractivity contribution in [2.45, 2.75) is 59.0 Å². The van der Waals surface area contributed by atoms with Crippen LogP contribution in [-0.4, -0.2) is 35.6 Å². The molecule has 9 heteroatoms. The van der Waals surface area contributed by atoms with E-state index in [0.717, 1.165) is 22.6 Å². The smallest absolute Gasteiger partial charge is 0.209 e. The van der Waals surface area contributed by atoms with Gasteiger partial charge in [-0.25, -0.2) is 18.5 Å². The first-order valence-electron chi connectivity index (χ1n) is 12.3. The standard InChI is InChI=1S/C28H36ClN3O4S/c1-18(2)36-26-12-11-22(15-23(26)29)25(33)14-20(17-37(30,34)35)13-19-7-9-21(10-8-19)24-16-32(6)27(31-24)28(3,4)5/h7-12,15-16,18,20H,13-14,17H2,1-6H3,(H2,30,34,35)/t20-/m1/s1. The lowest BCUT2D eigenvalue weighted by Crippen LogP contribution is -2.26. The molecule has 0 fully saturated rings. The number of Topliss-reactive ketones (excluding diaryl/α,β-unsaturated/α-hetero) is 1. The number of sulfonamides is 1. The zero-order valence-corrected chi connectivity index (χ0v) is 23.9. The summed E-state index contributed by atoms with van der Waals surface area (Å²) in [5.74, 6) is 0.504. The molecule has 0 saturated carbocycles. The second kappa shape index (κ2) is 11.4. The normalized spacial score (nSPS) is 13.1. The lowest BCUT2D eigenvalue weighted by molar-refractivity contribution is 0.0965. The van der Waals surface area contributed by atoms with Crippen molar-refractivity contribution in [2.24, 2.45) is 18.1 Å². The summed E-state index contributed by atoms with van der Waals surface area (Å²) in [5, 5.41) is 5.69. The van der Waals surface area contributed by atoms with Gasteiger partial charge in [0.1, 0.15) is 11.6 Å². The first-order valence-corrected chi connectivity index (χ1v) is 14.3. The molecule has 0 radical (unpaired) electrons. The van der Waals surface area contributed by atoms with Crippen LogP contribution >= 0.6 is 11.6 Å². The maximum atomic E-state index is 13.0. The third-order valence-corrected chi connectivity index (χ3v) is 7.11. The minimum Gasteiger partial charge on any atom is -0.489 e. The molecule has 37 heavy (non-hydrogen) atoms. The Balaban J connectivity index is 1.77. The van der Waals surface area contributed by atoms with E-state index in [4.69, 9.17) is 26.5 Å². The second-order valence-electron chi connectivity index (χ2n) is 10.8. The molecule has 2 aromatic carbocycles. The SMILES string of the molecule is CC(C)Oc1ccc(C(=O)C[C@@H](Cc2ccc(-c3cn(C)c(C(C)(C)C)n3)cc2)CS(N)(=O)=O)cc1Cl. The van der Waals surface area contributed by atoms with Gasteiger partial charge in [0.25, 0.3) is 0 Å². The van der Waals surface area contributed by atoms with Crippen LogP contribution in [0.3, 0.4) is 0 Å². The van der Waals surface area contributed by atoms with Crippen molar-refractivity contribution in [1.29, 1.82) is 0 Å². The first kappa shape index (κ1) is 28.9. The average Bonchev–Trinajstić information content (AvgIpc) is 3.16. The maximum Gasteiger partial charge on any atom is 0.209 e. The Morgan fingerprint density at radius 3 is 2.30 bits per heavy atom. The third kappa shape index (κ3) is 8.15. The topological polar surface area (TPSA) is 104 Å². The van der Waals surface area contributed by atoms with Crippen molar-refractivity contribution in [3.05, 3.63) is 70.6 Å². The highest BCUT2D eigenvalue weighted by molar-refractivity contribution is 7.89. The van der Waals surface area contributed by atoms with E-state index < -0.39 is 15.9 Å². The summed E-state index contributed by atoms with van der Waals surface area (Å²) < 4.78 is 31.5. The van der Waals surface area contributed by atoms with Crippen molar-refractivity contribution < 1.29 is 17.9 Å². The minimum absolute atomic E-state index is 0.0219. The van der Waals surface area contributed by atoms with E-state index >= 15 is 0 Å². The third-order valence-electron chi connectivity index (χ3n) is 5.88. The van der Waals surface area contributed by atoms with E-state index in [-0.39, 0.29) is 29.5 Å². The summed E-state index contributed by atoms with van der Waals surface area (Å²) in [6, 6.07) is 12.7. The molecule has 3 rings (SSSR count). The number of hydrogen-bond acceptors (Lipinski definition) is 5. The number of carbonyl (C=O) groups excluding carboxylic acids is 1. The van der Waals surface area contributed by atoms with Crippen molar-refractivity contribution in [2.75, 3.05) is 5.75 Å². The van der Waals surface area contributed by atoms with Crippen LogP contribution in [0.15, 0.2) is 48.7 Å². The van der Waals surface area contributed by atoms with E-state index in [1.807, 2.05) is 55.9 Å². The molecule has 0 aliphatic rings. The van der Waals surface area contributed by atoms with Crippen LogP contribution in [0.5, 0.6) is 5.75 Å². The second-order valence-corrected chi connectivity index (χ2v) is 12.9. The maximum absolute atomic E-state index is 13.0. The summed E-state index contributed by atoms with van der Waals surface area (Å²) in [6.07, 6.45) is 2.36. The van der Waals surface area contributed by atoms with Crippen LogP contribution in [-0.2, 0) is 28.9 Å². The van der Waals surface area contributed by atoms with Gasteiger partial charge >= 0.3 is 0 Å². The summed E-state index contributed by atoms with van der Waals surface area (Å²) in [6.45, 7) is 10.1. The van der Waals surface area contributed by atoms with Crippen LogP contribution < -0.4 is 9.88 Å². The van der Waals surface area contributed by atoms with Gasteiger partial charge in [0.2, 0.25) is 10.0 Å². The van der Waals surface area contributed by atoms with Gasteiger partial charge in [0.15, 0.2) is 5.78 Å². The predicted molar refractivity (Wildman–Crippen MR) is 149 cm³/mol. The van der Waals surface area contributed by atoms with E-state index in [1.54, 1.807) is 18.2 Å². The van der Waals surface area contributed by atoms with Crippen molar-refractivity contribution in [1.82, 2.24) is 9.55 Å². The molecule has 0 saturated heterocycles. The van der Waals surface area contributed by atoms with Crippen LogP contribution in [0.2, 0.25) is 5.02 Å². The number of halogens is 1. The highest BCUT2D eigenvalue weighted by Gasteiger charge is 2.23. The van der Waals surface area contributed by atoms with Crippen molar-refractivity contribution in [3.8, 4) is 17.0 Å². The summed E-state index contributed by atoms with van der Waals surface area (Å²) in [4.78, 5) is 17.8. The van der Waals surface area contributed by atoms with E-state index in [1.165, 1.54) is 0 Å². The fraction of sp³-hybridized carbons (Fsp3) is 0.429. The van der Waals surface area contributed by atoms with Gasteiger partial charge in [0.05, 0.1) is 22.6 Å². The lowest BCUT2D eigenvalue weighted by atomic mass is 9.93. The molecule has 2 N–H and O–H groups in total. The molecule has 1 heterocycles. The van der Waals surface area contributed by atoms with Gasteiger partial charge in [-0.3, -0.25) is 4.79 Å². The van der Waals surface area contributed by atoms with E-state index in [9.17, 15) is 13.2 Å². The largest absolute Gasteiger partial charge is 0.489 e. The molecule has 3 aromatic rings. The van der Waals surface area contributed by atoms with Gasteiger partial charge in [0, 0.05) is 36.2 Å². The van der Waals surface area contributed by atoms with E-state index in [2.05, 4.69) is 20.8 Å². The molecule has 1 atom stereocenters. The van der Waals surface area contributed by atoms with Crippen molar-refractivity contribution in [3.63, 3.8) is 0 Å². The number of ether oxygens (including phenoxy) is 1. The first-order chi connectivity index (χ1) is 17.1. The summed E-state index contributed by atoms with van der Waals surface area (Å²) in [5.41, 5.74) is 3.08. The molecular formula is C28H36ClN3O4S. The predicted octanol–water partition coefficient (Wildman–Crippen LogP) is 5.55. The molecular weight excluding hydrogens is 510 g/mol. The van der Waals surface area contributed by atoms with Crippen LogP contribution in [0, 0.1) is 5.92 Å². The minimum atomic E-state index is -3.78. The molecule has 0 spiro atoms. The van der Waals surface area contributed by atoms with Crippen LogP contribution in [0.1, 0.15) is 62.8 Å². The number of imidazole rings is 1. The monoisotopic (exact) mass is 545 g/mol. The quantitative estimate of drug-likeness (QED) is 0.336. The van der Waals surface area contributed by atoms with Gasteiger partial charge < -0.3 is 9.30 Å². The number of aromatic nitrogens is 2. The summed E-state index contributed by atoms with van der Waals surface area (Å²) >= 11 is 6.29. The Kier molecular flexibility index (Phi) is 8.88. The molecule has 7 nitrogen and oxygen atoms in total. The number of carbonyl (C=O) groups is 1. The molecule has 1 aromatic heterocycles. The van der Waals surface area contributed by atoms with Gasteiger partial charge in [-0.2, -0.15) is 0 Å². The number of rotatable bonds is 10. The van der Waals surface area contributed by atoms with Gasteiger partial charge in [-0.1, -0.05) is 56.6 Å². The molecule has 200 valence electrons. The number of hydrogen-bond donors (Lipinski definition) is 1. The fourth-order valence-electron chi connectivity index (χ4n) is 4.37. The molecule has 0 aliphatic carbocycles. The zero-order chi connectivity index (χ0) is 27.5. The highest BCUT2D eigenvalue weighted by atomic mass is 35.5. The Morgan fingerprint density at radius 1 is 1.14 bits per heavy atom. The Morgan fingerprint density at radius 2 is 1.78 bits per heavy atom.